The number of benzene rings is 1. The lowest BCUT2D eigenvalue weighted by Crippen LogP contribution is -2.14. The normalized spacial score (nSPS) is 10.2. The molecule has 21 heavy (non-hydrogen) atoms. The van der Waals surface area contributed by atoms with Crippen molar-refractivity contribution in [1.29, 1.82) is 0 Å². The Morgan fingerprint density at radius 1 is 1.29 bits per heavy atom. The second-order valence-corrected chi connectivity index (χ2v) is 5.46. The number of carbonyl (C=O) groups is 1. The molecule has 0 unspecified atom stereocenters. The van der Waals surface area contributed by atoms with Crippen molar-refractivity contribution in [3.05, 3.63) is 41.9 Å². The fraction of sp³-hybridized carbons (Fsp3) is 0.267. The van der Waals surface area contributed by atoms with Gasteiger partial charge in [-0.15, -0.1) is 0 Å². The smallest absolute Gasteiger partial charge is 0.234 e. The number of aromatic nitrogens is 2. The van der Waals surface area contributed by atoms with Crippen molar-refractivity contribution in [3.8, 4) is 5.75 Å². The first-order valence-corrected chi connectivity index (χ1v) is 7.44. The van der Waals surface area contributed by atoms with Crippen LogP contribution in [-0.4, -0.2) is 28.7 Å². The Morgan fingerprint density at radius 2 is 2.10 bits per heavy atom. The third-order valence-electron chi connectivity index (χ3n) is 2.65. The summed E-state index contributed by atoms with van der Waals surface area (Å²) in [5.41, 5.74) is 1.62. The molecular formula is C15H17N3O2S. The van der Waals surface area contributed by atoms with Gasteiger partial charge in [0.1, 0.15) is 16.6 Å². The number of aryl methyl sites for hydroxylation is 2. The van der Waals surface area contributed by atoms with E-state index in [9.17, 15) is 4.79 Å². The van der Waals surface area contributed by atoms with Gasteiger partial charge >= 0.3 is 0 Å². The fourth-order valence-electron chi connectivity index (χ4n) is 1.79. The van der Waals surface area contributed by atoms with Crippen LogP contribution in [0, 0.1) is 13.8 Å². The average molecular weight is 303 g/mol. The first kappa shape index (κ1) is 15.3. The molecule has 1 amide bonds. The van der Waals surface area contributed by atoms with Gasteiger partial charge in [-0.25, -0.2) is 9.97 Å². The van der Waals surface area contributed by atoms with Crippen LogP contribution in [0.15, 0.2) is 35.4 Å². The molecule has 0 saturated heterocycles. The summed E-state index contributed by atoms with van der Waals surface area (Å²) in [6, 6.07) is 9.14. The number of hydrogen-bond donors (Lipinski definition) is 1. The Morgan fingerprint density at radius 3 is 2.81 bits per heavy atom. The van der Waals surface area contributed by atoms with Gasteiger partial charge in [-0.05, 0) is 32.0 Å². The van der Waals surface area contributed by atoms with E-state index in [4.69, 9.17) is 4.74 Å². The van der Waals surface area contributed by atoms with Crippen molar-refractivity contribution in [2.45, 2.75) is 18.9 Å². The first-order chi connectivity index (χ1) is 10.1. The summed E-state index contributed by atoms with van der Waals surface area (Å²) in [5, 5.41) is 3.64. The summed E-state index contributed by atoms with van der Waals surface area (Å²) < 4.78 is 5.12. The number of amides is 1. The third-order valence-corrected chi connectivity index (χ3v) is 3.56. The topological polar surface area (TPSA) is 64.1 Å². The molecule has 0 spiro atoms. The number of hydrogen-bond acceptors (Lipinski definition) is 5. The minimum absolute atomic E-state index is 0.0813. The monoisotopic (exact) mass is 303 g/mol. The van der Waals surface area contributed by atoms with Gasteiger partial charge in [0.2, 0.25) is 5.91 Å². The maximum absolute atomic E-state index is 11.9. The Bertz CT molecular complexity index is 626. The van der Waals surface area contributed by atoms with Crippen LogP contribution in [-0.2, 0) is 4.79 Å². The average Bonchev–Trinajstić information content (AvgIpc) is 2.44. The molecule has 0 radical (unpaired) electrons. The first-order valence-electron chi connectivity index (χ1n) is 6.46. The number of ether oxygens (including phenoxy) is 1. The number of methoxy groups -OCH3 is 1. The predicted molar refractivity (Wildman–Crippen MR) is 83.9 cm³/mol. The maximum atomic E-state index is 11.9. The van der Waals surface area contributed by atoms with Gasteiger partial charge < -0.3 is 10.1 Å². The van der Waals surface area contributed by atoms with Crippen LogP contribution >= 0.6 is 11.8 Å². The molecule has 2 rings (SSSR count). The van der Waals surface area contributed by atoms with Crippen LogP contribution in [0.4, 0.5) is 5.69 Å². The maximum Gasteiger partial charge on any atom is 0.234 e. The molecule has 1 N–H and O–H groups in total. The number of nitrogens with zero attached hydrogens (tertiary/aromatic N) is 2. The molecule has 2 aromatic rings. The number of rotatable bonds is 5. The van der Waals surface area contributed by atoms with Crippen LogP contribution in [0.2, 0.25) is 0 Å². The standard InChI is InChI=1S/C15H17N3O2S/c1-10-7-15(17-11(2)16-10)21-9-14(19)18-12-5-4-6-13(8-12)20-3/h4-8H,9H2,1-3H3,(H,18,19). The minimum atomic E-state index is -0.0813. The molecule has 1 aromatic carbocycles. The second kappa shape index (κ2) is 7.08. The summed E-state index contributed by atoms with van der Waals surface area (Å²) in [6.07, 6.45) is 0. The minimum Gasteiger partial charge on any atom is -0.497 e. The molecule has 5 nitrogen and oxygen atoms in total. The van der Waals surface area contributed by atoms with Crippen LogP contribution in [0.3, 0.4) is 0 Å². The van der Waals surface area contributed by atoms with E-state index in [-0.39, 0.29) is 5.91 Å². The zero-order valence-corrected chi connectivity index (χ0v) is 13.0. The lowest BCUT2D eigenvalue weighted by molar-refractivity contribution is -0.113. The largest absolute Gasteiger partial charge is 0.497 e. The Kier molecular flexibility index (Phi) is 5.16. The van der Waals surface area contributed by atoms with E-state index in [2.05, 4.69) is 15.3 Å². The number of carbonyl (C=O) groups excluding carboxylic acids is 1. The van der Waals surface area contributed by atoms with Gasteiger partial charge in [-0.2, -0.15) is 0 Å². The van der Waals surface area contributed by atoms with Crippen molar-refractivity contribution < 1.29 is 9.53 Å². The number of thioether (sulfide) groups is 1. The third kappa shape index (κ3) is 4.75. The van der Waals surface area contributed by atoms with Crippen molar-refractivity contribution in [3.63, 3.8) is 0 Å². The molecule has 6 heteroatoms. The van der Waals surface area contributed by atoms with E-state index < -0.39 is 0 Å². The van der Waals surface area contributed by atoms with Crippen LogP contribution in [0.1, 0.15) is 11.5 Å². The Balaban J connectivity index is 1.92. The van der Waals surface area contributed by atoms with Gasteiger partial charge in [0.25, 0.3) is 0 Å². The van der Waals surface area contributed by atoms with Crippen molar-refractivity contribution in [2.75, 3.05) is 18.2 Å². The zero-order chi connectivity index (χ0) is 15.2. The van der Waals surface area contributed by atoms with Crippen molar-refractivity contribution in [2.24, 2.45) is 0 Å². The molecule has 0 aliphatic rings. The van der Waals surface area contributed by atoms with E-state index in [1.165, 1.54) is 11.8 Å². The summed E-state index contributed by atoms with van der Waals surface area (Å²) in [4.78, 5) is 20.4. The highest BCUT2D eigenvalue weighted by atomic mass is 32.2. The van der Waals surface area contributed by atoms with Crippen molar-refractivity contribution in [1.82, 2.24) is 9.97 Å². The van der Waals surface area contributed by atoms with Crippen LogP contribution in [0.25, 0.3) is 0 Å². The van der Waals surface area contributed by atoms with E-state index in [0.717, 1.165) is 16.4 Å². The summed E-state index contributed by atoms with van der Waals surface area (Å²) in [5.74, 6) is 1.64. The van der Waals surface area contributed by atoms with E-state index >= 15 is 0 Å². The summed E-state index contributed by atoms with van der Waals surface area (Å²) in [7, 11) is 1.59. The van der Waals surface area contributed by atoms with Gasteiger partial charge in [0.15, 0.2) is 0 Å². The molecular weight excluding hydrogens is 286 g/mol. The molecule has 0 aliphatic heterocycles. The molecule has 0 atom stereocenters. The van der Waals surface area contributed by atoms with Gasteiger partial charge in [0.05, 0.1) is 12.9 Å². The highest BCUT2D eigenvalue weighted by molar-refractivity contribution is 7.99. The number of anilines is 1. The van der Waals surface area contributed by atoms with Crippen LogP contribution in [0.5, 0.6) is 5.75 Å². The molecule has 1 aromatic heterocycles. The van der Waals surface area contributed by atoms with Crippen molar-refractivity contribution >= 4 is 23.4 Å². The Labute approximate surface area is 128 Å². The second-order valence-electron chi connectivity index (χ2n) is 4.46. The van der Waals surface area contributed by atoms with E-state index in [1.54, 1.807) is 13.2 Å². The fourth-order valence-corrected chi connectivity index (χ4v) is 2.60. The van der Waals surface area contributed by atoms with Gasteiger partial charge in [0, 0.05) is 17.4 Å². The highest BCUT2D eigenvalue weighted by Crippen LogP contribution is 2.19. The highest BCUT2D eigenvalue weighted by Gasteiger charge is 2.06. The Hall–Kier alpha value is -2.08. The van der Waals surface area contributed by atoms with Gasteiger partial charge in [-0.1, -0.05) is 17.8 Å². The predicted octanol–water partition coefficient (Wildman–Crippen LogP) is 2.83. The molecule has 1 heterocycles. The number of nitrogens with one attached hydrogen (secondary N) is 1. The van der Waals surface area contributed by atoms with Crippen LogP contribution < -0.4 is 10.1 Å². The summed E-state index contributed by atoms with van der Waals surface area (Å²) in [6.45, 7) is 3.75. The lowest BCUT2D eigenvalue weighted by Gasteiger charge is -2.07. The van der Waals surface area contributed by atoms with E-state index in [1.807, 2.05) is 38.1 Å². The molecule has 0 bridgehead atoms. The molecule has 0 fully saturated rings. The quantitative estimate of drug-likeness (QED) is 0.679. The molecule has 0 saturated carbocycles. The van der Waals surface area contributed by atoms with E-state index in [0.29, 0.717) is 17.3 Å². The zero-order valence-electron chi connectivity index (χ0n) is 12.2. The molecule has 0 aliphatic carbocycles. The summed E-state index contributed by atoms with van der Waals surface area (Å²) >= 11 is 1.39. The lowest BCUT2D eigenvalue weighted by atomic mass is 10.3. The van der Waals surface area contributed by atoms with Gasteiger partial charge in [-0.3, -0.25) is 4.79 Å². The SMILES string of the molecule is COc1cccc(NC(=O)CSc2cc(C)nc(C)n2)c1. The molecule has 110 valence electrons.